The molecular weight excluding hydrogens is 1390 g/mol. The number of aromatic nitrogens is 22. The number of nitrogens with zero attached hydrogens (tertiary/aromatic N) is 22. The van der Waals surface area contributed by atoms with E-state index in [4.69, 9.17) is 73.4 Å². The predicted octanol–water partition coefficient (Wildman–Crippen LogP) is 9.16. The maximum absolute atomic E-state index is 14.3. The molecule has 1 aliphatic heterocycles. The molecule has 0 amide bonds. The summed E-state index contributed by atoms with van der Waals surface area (Å²) in [6.07, 6.45) is 8.45. The third-order valence-corrected chi connectivity index (χ3v) is 16.3. The van der Waals surface area contributed by atoms with E-state index in [-0.39, 0.29) is 29.8 Å². The quantitative estimate of drug-likeness (QED) is 0.0760. The van der Waals surface area contributed by atoms with Gasteiger partial charge in [0.2, 0.25) is 5.88 Å². The predicted molar refractivity (Wildman–Crippen MR) is 393 cm³/mol. The summed E-state index contributed by atoms with van der Waals surface area (Å²) in [5.41, 5.74) is 39.0. The summed E-state index contributed by atoms with van der Waals surface area (Å²) in [7, 11) is 13.5. The first-order valence-electron chi connectivity index (χ1n) is 32.2. The van der Waals surface area contributed by atoms with Crippen molar-refractivity contribution >= 4 is 95.9 Å². The molecule has 15 aromatic rings. The Balaban J connectivity index is 0.000000124. The van der Waals surface area contributed by atoms with Crippen LogP contribution in [-0.2, 0) is 35.2 Å². The molecule has 544 valence electrons. The van der Waals surface area contributed by atoms with E-state index in [1.54, 1.807) is 94.3 Å². The fraction of sp³-hybridized carbons (Fsp3) is 0.232. The van der Waals surface area contributed by atoms with Crippen LogP contribution in [0.1, 0.15) is 27.7 Å². The lowest BCUT2D eigenvalue weighted by Gasteiger charge is -2.18. The number of hydrogen-bond acceptors (Lipinski definition) is 29. The number of nitrogens with two attached hydrogens (primary N) is 5. The molecular formula is C69H70ClF2N27O7. The van der Waals surface area contributed by atoms with Crippen LogP contribution >= 0.6 is 11.6 Å². The third-order valence-electron chi connectivity index (χ3n) is 16.0. The molecule has 0 saturated heterocycles. The fourth-order valence-corrected chi connectivity index (χ4v) is 11.6. The van der Waals surface area contributed by atoms with Gasteiger partial charge in [-0.2, -0.15) is 30.5 Å². The topological polar surface area (TPSA) is 438 Å². The summed E-state index contributed by atoms with van der Waals surface area (Å²) in [5.74, 6) is 4.07. The van der Waals surface area contributed by atoms with E-state index in [0.717, 1.165) is 33.3 Å². The summed E-state index contributed by atoms with van der Waals surface area (Å²) >= 11 is 6.16. The first kappa shape index (κ1) is 72.3. The van der Waals surface area contributed by atoms with Gasteiger partial charge in [0, 0.05) is 63.7 Å². The van der Waals surface area contributed by atoms with Crippen LogP contribution in [0, 0.1) is 11.6 Å². The molecule has 37 heteroatoms. The Hall–Kier alpha value is -13.5. The molecule has 16 rings (SSSR count). The van der Waals surface area contributed by atoms with Gasteiger partial charge in [0.05, 0.1) is 71.1 Å². The zero-order valence-corrected chi connectivity index (χ0v) is 59.9. The van der Waals surface area contributed by atoms with E-state index < -0.39 is 11.6 Å². The average molecular weight is 1460 g/mol. The Morgan fingerprint density at radius 3 is 1.25 bits per heavy atom. The van der Waals surface area contributed by atoms with Gasteiger partial charge in [0.1, 0.15) is 120 Å². The van der Waals surface area contributed by atoms with Gasteiger partial charge >= 0.3 is 6.01 Å². The van der Waals surface area contributed by atoms with Crippen molar-refractivity contribution in [3.05, 3.63) is 127 Å². The monoisotopic (exact) mass is 1460 g/mol. The van der Waals surface area contributed by atoms with Gasteiger partial charge in [0.15, 0.2) is 51.3 Å². The van der Waals surface area contributed by atoms with Crippen LogP contribution < -0.4 is 61.8 Å². The van der Waals surface area contributed by atoms with E-state index in [9.17, 15) is 8.78 Å². The van der Waals surface area contributed by atoms with Crippen LogP contribution in [0.2, 0.25) is 5.02 Å². The average Bonchev–Trinajstić information content (AvgIpc) is 1.64. The molecule has 0 unspecified atom stereocenters. The lowest BCUT2D eigenvalue weighted by Crippen LogP contribution is -2.15. The molecule has 106 heavy (non-hydrogen) atoms. The summed E-state index contributed by atoms with van der Waals surface area (Å²) in [6.45, 7) is 8.62. The maximum atomic E-state index is 14.3. The largest absolute Gasteiger partial charge is 0.495 e. The van der Waals surface area contributed by atoms with E-state index in [1.807, 2.05) is 66.1 Å². The van der Waals surface area contributed by atoms with E-state index in [1.165, 1.54) is 58.0 Å². The second-order valence-electron chi connectivity index (χ2n) is 23.8. The van der Waals surface area contributed by atoms with Crippen molar-refractivity contribution < 1.29 is 41.9 Å². The van der Waals surface area contributed by atoms with Crippen molar-refractivity contribution in [2.75, 3.05) is 63.2 Å². The summed E-state index contributed by atoms with van der Waals surface area (Å²) in [5, 5.41) is 25.9. The van der Waals surface area contributed by atoms with Gasteiger partial charge < -0.3 is 61.8 Å². The molecule has 0 bridgehead atoms. The second kappa shape index (κ2) is 30.6. The minimum absolute atomic E-state index is 0.00723. The van der Waals surface area contributed by atoms with Gasteiger partial charge in [-0.25, -0.2) is 87.0 Å². The Bertz CT molecular complexity index is 5770. The first-order valence-corrected chi connectivity index (χ1v) is 32.6. The molecule has 12 heterocycles. The smallest absolute Gasteiger partial charge is 0.319 e. The van der Waals surface area contributed by atoms with E-state index >= 15 is 0 Å². The molecule has 1 aliphatic rings. The molecule has 0 saturated carbocycles. The van der Waals surface area contributed by atoms with Crippen LogP contribution in [0.3, 0.4) is 0 Å². The molecule has 10 N–H and O–H groups in total. The first-order chi connectivity index (χ1) is 50.9. The lowest BCUT2D eigenvalue weighted by atomic mass is 10.1. The van der Waals surface area contributed by atoms with Crippen molar-refractivity contribution in [1.82, 2.24) is 109 Å². The highest BCUT2D eigenvalue weighted by Crippen LogP contribution is 2.40. The zero-order valence-electron chi connectivity index (χ0n) is 59.2. The van der Waals surface area contributed by atoms with E-state index in [0.29, 0.717) is 148 Å². The molecule has 0 aliphatic carbocycles. The number of fused-ring (bicyclic) bond motifs is 6. The van der Waals surface area contributed by atoms with Crippen LogP contribution in [-0.4, -0.2) is 155 Å². The van der Waals surface area contributed by atoms with Crippen molar-refractivity contribution in [1.29, 1.82) is 0 Å². The van der Waals surface area contributed by atoms with Gasteiger partial charge in [-0.05, 0) is 100 Å². The van der Waals surface area contributed by atoms with Crippen molar-refractivity contribution in [3.8, 4) is 96.9 Å². The van der Waals surface area contributed by atoms with Crippen molar-refractivity contribution in [3.63, 3.8) is 0 Å². The SMILES string of the molecule is CC(C)Oc1ccc(-c2nn(C)c3ncnc(N)c23)cc1F.CC(C)Oc1ccc(F)c(-c2nn(C)c3ncnc(N)c23)c1.COc1ccc(-c2nn(C)c3ncnc(N)c23)cc1Cl.COc1ncc(-c2nn(C)c3ncnc(N)c23)c(OC)n1.Cn1nc(-c2ccc3c(c2)OCCO3)c2c(N)ncnc21. The number of halogens is 3. The second-order valence-corrected chi connectivity index (χ2v) is 24.2. The Kier molecular flexibility index (Phi) is 20.8. The minimum atomic E-state index is -0.444. The number of rotatable bonds is 12. The van der Waals surface area contributed by atoms with Gasteiger partial charge in [-0.15, -0.1) is 0 Å². The zero-order chi connectivity index (χ0) is 75.4. The van der Waals surface area contributed by atoms with Gasteiger partial charge in [-0.1, -0.05) is 11.6 Å². The number of hydrogen-bond donors (Lipinski definition) is 5. The molecule has 0 radical (unpaired) electrons. The van der Waals surface area contributed by atoms with Crippen molar-refractivity contribution in [2.45, 2.75) is 39.9 Å². The van der Waals surface area contributed by atoms with Crippen molar-refractivity contribution in [2.24, 2.45) is 35.2 Å². The summed E-state index contributed by atoms with van der Waals surface area (Å²) < 4.78 is 74.2. The van der Waals surface area contributed by atoms with Crippen LogP contribution in [0.4, 0.5) is 37.9 Å². The Morgan fingerprint density at radius 2 is 0.821 bits per heavy atom. The highest BCUT2D eigenvalue weighted by molar-refractivity contribution is 6.32. The van der Waals surface area contributed by atoms with Gasteiger partial charge in [-0.3, -0.25) is 0 Å². The van der Waals surface area contributed by atoms with Gasteiger partial charge in [0.25, 0.3) is 0 Å². The normalized spacial score (nSPS) is 11.6. The molecule has 0 fully saturated rings. The molecule has 0 spiro atoms. The standard InChI is InChI=1S/2C15H16FN5O.C14H13N5O2.C13H12ClN5O.C12H13N7O2/c1-8(2)22-9-4-5-11(16)10(6-9)13-12-14(17)18-7-19-15(12)21(3)20-13;1-8(2)22-11-5-4-9(6-10(11)16)13-12-14(17)18-7-19-15(12)21(3)20-13;1-19-14-11(13(15)16-7-17-14)12(18-19)8-2-3-9-10(6-8)21-5-4-20-9;1-19-13-10(12(15)16-6-17-13)11(18-19)7-3-4-9(20-2)8(14)5-7;1-19-10-7(9(13)15-5-16-10)8(18-19)6-4-14-12(21-3)17-11(6)20-2/h2*4-8H,1-3H3,(H2,17,18,19);2-3,6-7H,4-5H2,1H3,(H2,15,16,17);3-6H,1-2H3,(H2,15,16,17);4-5H,1-3H3,(H2,13,15,16). The number of ether oxygens (including phenoxy) is 7. The number of benzene rings is 4. The Labute approximate surface area is 606 Å². The van der Waals surface area contributed by atoms with E-state index in [2.05, 4.69) is 85.3 Å². The molecule has 11 aromatic heterocycles. The minimum Gasteiger partial charge on any atom is -0.495 e. The lowest BCUT2D eigenvalue weighted by molar-refractivity contribution is 0.171. The molecule has 4 aromatic carbocycles. The fourth-order valence-electron chi connectivity index (χ4n) is 11.3. The highest BCUT2D eigenvalue weighted by atomic mass is 35.5. The molecule has 34 nitrogen and oxygen atoms in total. The number of anilines is 5. The molecule has 0 atom stereocenters. The summed E-state index contributed by atoms with van der Waals surface area (Å²) in [4.78, 5) is 49.2. The summed E-state index contributed by atoms with van der Waals surface area (Å²) in [6, 6.07) is 20.6. The van der Waals surface area contributed by atoms with Crippen LogP contribution in [0.5, 0.6) is 40.6 Å². The number of nitrogen functional groups attached to an aromatic ring is 5. The Morgan fingerprint density at radius 1 is 0.415 bits per heavy atom. The maximum Gasteiger partial charge on any atom is 0.319 e. The number of aryl methyl sites for hydroxylation is 5. The van der Waals surface area contributed by atoms with Crippen LogP contribution in [0.15, 0.2) is 111 Å². The highest BCUT2D eigenvalue weighted by Gasteiger charge is 2.25. The van der Waals surface area contributed by atoms with Crippen LogP contribution in [0.25, 0.3) is 111 Å². The third kappa shape index (κ3) is 14.6. The number of methoxy groups -OCH3 is 3.